The quantitative estimate of drug-likeness (QED) is 0.741. The monoisotopic (exact) mass is 373 g/mol. The van der Waals surface area contributed by atoms with Gasteiger partial charge in [-0.25, -0.2) is 4.79 Å². The van der Waals surface area contributed by atoms with Gasteiger partial charge in [-0.15, -0.1) is 0 Å². The molecule has 0 spiro atoms. The molecule has 1 aromatic carbocycles. The van der Waals surface area contributed by atoms with Crippen molar-refractivity contribution in [3.05, 3.63) is 35.4 Å². The second kappa shape index (κ2) is 7.77. The molecule has 0 aromatic heterocycles. The van der Waals surface area contributed by atoms with E-state index in [4.69, 9.17) is 4.74 Å². The highest BCUT2D eigenvalue weighted by atomic mass is 16.6. The highest BCUT2D eigenvalue weighted by Crippen LogP contribution is 2.22. The van der Waals surface area contributed by atoms with Crippen LogP contribution in [0.5, 0.6) is 0 Å². The van der Waals surface area contributed by atoms with E-state index in [9.17, 15) is 19.2 Å². The van der Waals surface area contributed by atoms with Crippen molar-refractivity contribution < 1.29 is 23.9 Å². The minimum Gasteiger partial charge on any atom is -0.449 e. The number of amides is 4. The fraction of sp³-hybridized carbons (Fsp3) is 0.474. The summed E-state index contributed by atoms with van der Waals surface area (Å²) in [4.78, 5) is 53.3. The topological polar surface area (TPSA) is 87.2 Å². The third-order valence-electron chi connectivity index (χ3n) is 4.60. The molecular formula is C19H23N3O5. The van der Waals surface area contributed by atoms with Gasteiger partial charge in [0.2, 0.25) is 5.91 Å². The Morgan fingerprint density at radius 2 is 1.48 bits per heavy atom. The summed E-state index contributed by atoms with van der Waals surface area (Å²) >= 11 is 0. The molecule has 2 aliphatic rings. The number of benzene rings is 1. The lowest BCUT2D eigenvalue weighted by atomic mass is 10.1. The Morgan fingerprint density at radius 1 is 0.963 bits per heavy atom. The number of imide groups is 1. The van der Waals surface area contributed by atoms with Crippen LogP contribution in [-0.2, 0) is 9.53 Å². The third-order valence-corrected chi connectivity index (χ3v) is 4.60. The maximum atomic E-state index is 12.5. The van der Waals surface area contributed by atoms with Crippen LogP contribution in [0.3, 0.4) is 0 Å². The maximum absolute atomic E-state index is 12.5. The van der Waals surface area contributed by atoms with Crippen LogP contribution in [0.2, 0.25) is 0 Å². The zero-order valence-corrected chi connectivity index (χ0v) is 15.5. The molecule has 1 aromatic rings. The molecule has 0 bridgehead atoms. The smallest absolute Gasteiger partial charge is 0.409 e. The first-order valence-electron chi connectivity index (χ1n) is 9.03. The van der Waals surface area contributed by atoms with Crippen molar-refractivity contribution in [2.45, 2.75) is 13.8 Å². The minimum atomic E-state index is -0.445. The van der Waals surface area contributed by atoms with Gasteiger partial charge in [0, 0.05) is 26.2 Å². The molecule has 8 nitrogen and oxygen atoms in total. The standard InChI is InChI=1S/C19H23N3O5/c1-13(2)12-27-19(26)21-9-7-20(8-10-21)16(23)11-22-17(24)14-5-3-4-6-15(14)18(22)25/h3-6,13H,7-12H2,1-2H3. The molecule has 4 amide bonds. The van der Waals surface area contributed by atoms with Gasteiger partial charge >= 0.3 is 6.09 Å². The van der Waals surface area contributed by atoms with Crippen molar-refractivity contribution in [2.75, 3.05) is 39.3 Å². The van der Waals surface area contributed by atoms with Crippen molar-refractivity contribution in [3.8, 4) is 0 Å². The number of piperazine rings is 1. The van der Waals surface area contributed by atoms with Gasteiger partial charge in [0.1, 0.15) is 6.54 Å². The van der Waals surface area contributed by atoms with E-state index >= 15 is 0 Å². The van der Waals surface area contributed by atoms with Crippen LogP contribution in [0.1, 0.15) is 34.6 Å². The van der Waals surface area contributed by atoms with E-state index in [0.29, 0.717) is 43.9 Å². The number of hydrogen-bond donors (Lipinski definition) is 0. The number of carbonyl (C=O) groups excluding carboxylic acids is 4. The van der Waals surface area contributed by atoms with Gasteiger partial charge in [0.05, 0.1) is 17.7 Å². The Labute approximate surface area is 157 Å². The van der Waals surface area contributed by atoms with Crippen LogP contribution >= 0.6 is 0 Å². The average Bonchev–Trinajstić information content (AvgIpc) is 2.91. The van der Waals surface area contributed by atoms with Gasteiger partial charge in [-0.05, 0) is 18.1 Å². The molecule has 0 aliphatic carbocycles. The first-order valence-corrected chi connectivity index (χ1v) is 9.03. The first kappa shape index (κ1) is 18.9. The van der Waals surface area contributed by atoms with Crippen LogP contribution < -0.4 is 0 Å². The molecule has 0 saturated carbocycles. The van der Waals surface area contributed by atoms with Crippen LogP contribution in [0.25, 0.3) is 0 Å². The van der Waals surface area contributed by atoms with E-state index in [-0.39, 0.29) is 24.5 Å². The molecule has 0 N–H and O–H groups in total. The van der Waals surface area contributed by atoms with Gasteiger partial charge in [0.15, 0.2) is 0 Å². The summed E-state index contributed by atoms with van der Waals surface area (Å²) in [5.74, 6) is -0.934. The van der Waals surface area contributed by atoms with E-state index in [1.165, 1.54) is 0 Å². The predicted octanol–water partition coefficient (Wildman–Crippen LogP) is 1.22. The number of ether oxygens (including phenoxy) is 1. The Kier molecular flexibility index (Phi) is 5.43. The van der Waals surface area contributed by atoms with Crippen molar-refractivity contribution in [1.82, 2.24) is 14.7 Å². The van der Waals surface area contributed by atoms with E-state index in [0.717, 1.165) is 4.90 Å². The molecule has 0 unspecified atom stereocenters. The van der Waals surface area contributed by atoms with Gasteiger partial charge in [-0.1, -0.05) is 26.0 Å². The summed E-state index contributed by atoms with van der Waals surface area (Å²) in [5, 5.41) is 0. The summed E-state index contributed by atoms with van der Waals surface area (Å²) < 4.78 is 5.20. The Morgan fingerprint density at radius 3 is 2.00 bits per heavy atom. The molecule has 3 rings (SSSR count). The van der Waals surface area contributed by atoms with Crippen molar-refractivity contribution in [3.63, 3.8) is 0 Å². The molecule has 0 atom stereocenters. The second-order valence-corrected chi connectivity index (χ2v) is 7.08. The summed E-state index contributed by atoms with van der Waals surface area (Å²) in [7, 11) is 0. The van der Waals surface area contributed by atoms with Gasteiger partial charge < -0.3 is 14.5 Å². The normalized spacial score (nSPS) is 16.8. The fourth-order valence-corrected chi connectivity index (χ4v) is 3.09. The summed E-state index contributed by atoms with van der Waals surface area (Å²) in [6, 6.07) is 6.54. The van der Waals surface area contributed by atoms with Crippen molar-refractivity contribution in [1.29, 1.82) is 0 Å². The lowest BCUT2D eigenvalue weighted by Crippen LogP contribution is -2.53. The molecule has 1 fully saturated rings. The number of rotatable bonds is 4. The molecule has 0 radical (unpaired) electrons. The largest absolute Gasteiger partial charge is 0.449 e. The first-order chi connectivity index (χ1) is 12.9. The van der Waals surface area contributed by atoms with Gasteiger partial charge in [-0.3, -0.25) is 19.3 Å². The lowest BCUT2D eigenvalue weighted by molar-refractivity contribution is -0.133. The van der Waals surface area contributed by atoms with Crippen LogP contribution in [0.15, 0.2) is 24.3 Å². The average molecular weight is 373 g/mol. The van der Waals surface area contributed by atoms with Crippen molar-refractivity contribution >= 4 is 23.8 Å². The Balaban J connectivity index is 1.53. The summed E-state index contributed by atoms with van der Waals surface area (Å²) in [6.45, 7) is 5.42. The molecule has 2 aliphatic heterocycles. The molecule has 8 heteroatoms. The number of carbonyl (C=O) groups is 4. The molecule has 1 saturated heterocycles. The SMILES string of the molecule is CC(C)COC(=O)N1CCN(C(=O)CN2C(=O)c3ccccc3C2=O)CC1. The lowest BCUT2D eigenvalue weighted by Gasteiger charge is -2.34. The molecule has 144 valence electrons. The van der Waals surface area contributed by atoms with E-state index in [1.807, 2.05) is 13.8 Å². The molecular weight excluding hydrogens is 350 g/mol. The second-order valence-electron chi connectivity index (χ2n) is 7.08. The third kappa shape index (κ3) is 3.94. The Bertz CT molecular complexity index is 733. The van der Waals surface area contributed by atoms with Crippen LogP contribution in [0.4, 0.5) is 4.79 Å². The number of nitrogens with zero attached hydrogens (tertiary/aromatic N) is 3. The fourth-order valence-electron chi connectivity index (χ4n) is 3.09. The predicted molar refractivity (Wildman–Crippen MR) is 96.1 cm³/mol. The van der Waals surface area contributed by atoms with Gasteiger partial charge in [0.25, 0.3) is 11.8 Å². The number of fused-ring (bicyclic) bond motifs is 1. The Hall–Kier alpha value is -2.90. The zero-order chi connectivity index (χ0) is 19.6. The minimum absolute atomic E-state index is 0.261. The molecule has 2 heterocycles. The van der Waals surface area contributed by atoms with Crippen LogP contribution in [0, 0.1) is 5.92 Å². The number of hydrogen-bond acceptors (Lipinski definition) is 5. The van der Waals surface area contributed by atoms with Gasteiger partial charge in [-0.2, -0.15) is 0 Å². The van der Waals surface area contributed by atoms with Crippen LogP contribution in [-0.4, -0.2) is 77.8 Å². The highest BCUT2D eigenvalue weighted by molar-refractivity contribution is 6.22. The summed E-state index contributed by atoms with van der Waals surface area (Å²) in [6.07, 6.45) is -0.379. The van der Waals surface area contributed by atoms with E-state index in [1.54, 1.807) is 34.1 Å². The summed E-state index contributed by atoms with van der Waals surface area (Å²) in [5.41, 5.74) is 0.654. The zero-order valence-electron chi connectivity index (χ0n) is 15.5. The van der Waals surface area contributed by atoms with Crippen molar-refractivity contribution in [2.24, 2.45) is 5.92 Å². The van der Waals surface area contributed by atoms with E-state index in [2.05, 4.69) is 0 Å². The molecule has 27 heavy (non-hydrogen) atoms. The maximum Gasteiger partial charge on any atom is 0.409 e. The van der Waals surface area contributed by atoms with E-state index < -0.39 is 11.8 Å². The highest BCUT2D eigenvalue weighted by Gasteiger charge is 2.37.